The van der Waals surface area contributed by atoms with Crippen LogP contribution in [-0.4, -0.2) is 29.6 Å². The molecule has 11 heteroatoms. The van der Waals surface area contributed by atoms with Crippen molar-refractivity contribution in [1.82, 2.24) is 9.55 Å². The third kappa shape index (κ3) is 5.33. The Morgan fingerprint density at radius 1 is 1.22 bits per heavy atom. The summed E-state index contributed by atoms with van der Waals surface area (Å²) in [7, 11) is -3.99. The first-order valence-electron chi connectivity index (χ1n) is 10.1. The average Bonchev–Trinajstić information content (AvgIpc) is 3.01. The summed E-state index contributed by atoms with van der Waals surface area (Å²) in [5.41, 5.74) is 1.19. The van der Waals surface area contributed by atoms with E-state index in [0.717, 1.165) is 27.0 Å². The second kappa shape index (κ2) is 9.63. The first-order chi connectivity index (χ1) is 15.0. The lowest BCUT2D eigenvalue weighted by Gasteiger charge is -2.16. The number of aryl methyl sites for hydroxylation is 1. The Morgan fingerprint density at radius 2 is 1.88 bits per heavy atom. The van der Waals surface area contributed by atoms with Crippen LogP contribution in [0.1, 0.15) is 37.8 Å². The van der Waals surface area contributed by atoms with Gasteiger partial charge in [-0.15, -0.1) is 23.1 Å². The quantitative estimate of drug-likeness (QED) is 0.453. The van der Waals surface area contributed by atoms with Gasteiger partial charge in [0.15, 0.2) is 5.82 Å². The fourth-order valence-corrected chi connectivity index (χ4v) is 6.75. The number of carbonyl (C=O) groups excluding carboxylic acids is 1. The third-order valence-corrected chi connectivity index (χ3v) is 8.61. The maximum atomic E-state index is 13.0. The smallest absolute Gasteiger partial charge is 0.326 e. The van der Waals surface area contributed by atoms with Crippen LogP contribution in [0.3, 0.4) is 0 Å². The van der Waals surface area contributed by atoms with E-state index in [1.54, 1.807) is 11.8 Å². The van der Waals surface area contributed by atoms with Gasteiger partial charge in [-0.05, 0) is 56.2 Å². The van der Waals surface area contributed by atoms with E-state index in [0.29, 0.717) is 17.3 Å². The summed E-state index contributed by atoms with van der Waals surface area (Å²) < 4.78 is 30.8. The molecule has 0 atom stereocenters. The van der Waals surface area contributed by atoms with E-state index in [1.807, 2.05) is 13.8 Å². The average molecular weight is 495 g/mol. The second-order valence-electron chi connectivity index (χ2n) is 7.80. The minimum Gasteiger partial charge on any atom is -0.326 e. The minimum absolute atomic E-state index is 0.00159. The van der Waals surface area contributed by atoms with Crippen molar-refractivity contribution in [3.05, 3.63) is 45.3 Å². The molecule has 1 amide bonds. The topological polar surface area (TPSA) is 110 Å². The zero-order valence-electron chi connectivity index (χ0n) is 18.6. The van der Waals surface area contributed by atoms with Crippen LogP contribution in [0.25, 0.3) is 5.69 Å². The number of rotatable bonds is 8. The Bertz CT molecular complexity index is 1260. The number of benzene rings is 1. The van der Waals surface area contributed by atoms with Gasteiger partial charge in [0.05, 0.1) is 9.10 Å². The summed E-state index contributed by atoms with van der Waals surface area (Å²) in [5.74, 6) is 1.16. The summed E-state index contributed by atoms with van der Waals surface area (Å²) in [6, 6.07) is 5.78. The molecule has 32 heavy (non-hydrogen) atoms. The first-order valence-corrected chi connectivity index (χ1v) is 13.3. The Labute approximate surface area is 195 Å². The molecular formula is C21H26N4O4S3. The van der Waals surface area contributed by atoms with Gasteiger partial charge in [0.2, 0.25) is 5.91 Å². The molecule has 0 fully saturated rings. The number of nitrogens with one attached hydrogen (secondary N) is 2. The fraction of sp³-hybridized carbons (Fsp3) is 0.381. The second-order valence-corrected chi connectivity index (χ2v) is 12.1. The number of anilines is 2. The van der Waals surface area contributed by atoms with Crippen LogP contribution in [0, 0.1) is 19.8 Å². The molecule has 0 saturated carbocycles. The lowest BCUT2D eigenvalue weighted by molar-refractivity contribution is -0.114. The Hall–Kier alpha value is -2.37. The predicted octanol–water partition coefficient (Wildman–Crippen LogP) is 4.25. The number of aromatic nitrogens is 2. The van der Waals surface area contributed by atoms with Crippen molar-refractivity contribution in [3.63, 3.8) is 0 Å². The van der Waals surface area contributed by atoms with Crippen molar-refractivity contribution in [3.8, 4) is 5.69 Å². The Balaban J connectivity index is 1.99. The van der Waals surface area contributed by atoms with Crippen molar-refractivity contribution in [2.45, 2.75) is 50.1 Å². The van der Waals surface area contributed by atoms with Crippen molar-refractivity contribution in [1.29, 1.82) is 0 Å². The van der Waals surface area contributed by atoms with Crippen LogP contribution < -0.4 is 15.7 Å². The molecule has 172 valence electrons. The molecule has 0 bridgehead atoms. The maximum Gasteiger partial charge on any atom is 0.354 e. The summed E-state index contributed by atoms with van der Waals surface area (Å²) in [5, 5.41) is 2.59. The lowest BCUT2D eigenvalue weighted by atomic mass is 10.2. The van der Waals surface area contributed by atoms with Gasteiger partial charge in [0.25, 0.3) is 10.0 Å². The highest BCUT2D eigenvalue weighted by Crippen LogP contribution is 2.39. The molecule has 2 heterocycles. The van der Waals surface area contributed by atoms with Gasteiger partial charge in [-0.2, -0.15) is 4.98 Å². The highest BCUT2D eigenvalue weighted by Gasteiger charge is 2.26. The number of fused-ring (bicyclic) bond motifs is 1. The van der Waals surface area contributed by atoms with Gasteiger partial charge in [0.1, 0.15) is 5.69 Å². The molecule has 3 rings (SSSR count). The molecule has 0 saturated heterocycles. The number of amides is 1. The van der Waals surface area contributed by atoms with Crippen LogP contribution in [0.5, 0.6) is 0 Å². The van der Waals surface area contributed by atoms with Gasteiger partial charge in [0, 0.05) is 23.2 Å². The molecule has 0 radical (unpaired) electrons. The molecule has 0 unspecified atom stereocenters. The van der Waals surface area contributed by atoms with Crippen LogP contribution in [-0.2, 0) is 14.8 Å². The molecule has 0 aliphatic carbocycles. The highest BCUT2D eigenvalue weighted by molar-refractivity contribution is 8.01. The molecule has 1 aromatic rings. The van der Waals surface area contributed by atoms with Crippen LogP contribution in [0.15, 0.2) is 38.2 Å². The molecule has 8 nitrogen and oxygen atoms in total. The van der Waals surface area contributed by atoms with Gasteiger partial charge >= 0.3 is 5.69 Å². The van der Waals surface area contributed by atoms with Crippen molar-refractivity contribution >= 4 is 50.5 Å². The van der Waals surface area contributed by atoms with Crippen LogP contribution in [0.4, 0.5) is 11.5 Å². The number of thioether (sulfide) groups is 1. The number of carbonyl (C=O) groups is 1. The van der Waals surface area contributed by atoms with Crippen LogP contribution >= 0.6 is 23.1 Å². The molecule has 0 aromatic heterocycles. The van der Waals surface area contributed by atoms with E-state index in [2.05, 4.69) is 28.9 Å². The van der Waals surface area contributed by atoms with E-state index >= 15 is 0 Å². The van der Waals surface area contributed by atoms with E-state index in [-0.39, 0.29) is 16.6 Å². The number of imidazole rings is 1. The first kappa shape index (κ1) is 24.3. The number of hydrogen-bond acceptors (Lipinski definition) is 7. The largest absolute Gasteiger partial charge is 0.354 e. The summed E-state index contributed by atoms with van der Waals surface area (Å²) in [6.07, 6.45) is 0.997. The Kier molecular flexibility index (Phi) is 7.31. The van der Waals surface area contributed by atoms with E-state index in [1.165, 1.54) is 47.1 Å². The SMILES string of the molecule is CC(=O)Nc1ccc(S(=O)(=O)Nc2nc(=O)n3c(C)c(C)sc(SCCC(C)C)c2-3)cc1. The molecular weight excluding hydrogens is 468 g/mol. The van der Waals surface area contributed by atoms with Gasteiger partial charge < -0.3 is 5.32 Å². The zero-order valence-corrected chi connectivity index (χ0v) is 21.0. The van der Waals surface area contributed by atoms with Gasteiger partial charge in [-0.3, -0.25) is 14.1 Å². The lowest BCUT2D eigenvalue weighted by Crippen LogP contribution is -2.17. The number of nitrogens with zero attached hydrogens (tertiary/aromatic N) is 2. The summed E-state index contributed by atoms with van der Waals surface area (Å²) in [4.78, 5) is 28.8. The van der Waals surface area contributed by atoms with Crippen molar-refractivity contribution in [2.24, 2.45) is 5.92 Å². The molecule has 2 aliphatic rings. The van der Waals surface area contributed by atoms with Crippen molar-refractivity contribution < 1.29 is 13.2 Å². The van der Waals surface area contributed by atoms with E-state index < -0.39 is 15.7 Å². The van der Waals surface area contributed by atoms with E-state index in [9.17, 15) is 18.0 Å². The number of hydrogen-bond donors (Lipinski definition) is 2. The van der Waals surface area contributed by atoms with Crippen molar-refractivity contribution in [2.75, 3.05) is 15.8 Å². The molecule has 1 aromatic carbocycles. The fourth-order valence-electron chi connectivity index (χ4n) is 2.98. The number of sulfonamides is 1. The molecule has 2 N–H and O–H groups in total. The standard InChI is InChI=1S/C21H26N4O4S3/c1-12(2)10-11-30-20-18-19(23-21(27)25(18)13(3)14(4)31-20)24-32(28,29)17-8-6-16(7-9-17)22-15(5)26/h6-9,12H,10-11H2,1-5H3,(H,22,26)(H,23,24,27). The minimum atomic E-state index is -3.99. The van der Waals surface area contributed by atoms with Crippen LogP contribution in [0.2, 0.25) is 0 Å². The van der Waals surface area contributed by atoms with Gasteiger partial charge in [-0.25, -0.2) is 13.2 Å². The summed E-state index contributed by atoms with van der Waals surface area (Å²) in [6.45, 7) is 9.42. The normalized spacial score (nSPS) is 11.8. The predicted molar refractivity (Wildman–Crippen MR) is 130 cm³/mol. The highest BCUT2D eigenvalue weighted by atomic mass is 32.2. The zero-order chi connectivity index (χ0) is 23.6. The monoisotopic (exact) mass is 494 g/mol. The van der Waals surface area contributed by atoms with Gasteiger partial charge in [-0.1, -0.05) is 13.8 Å². The third-order valence-electron chi connectivity index (χ3n) is 4.78. The van der Waals surface area contributed by atoms with E-state index in [4.69, 9.17) is 0 Å². The Morgan fingerprint density at radius 3 is 2.47 bits per heavy atom. The summed E-state index contributed by atoms with van der Waals surface area (Å²) >= 11 is 3.13. The maximum absolute atomic E-state index is 13.0. The molecule has 2 aliphatic heterocycles. The molecule has 0 spiro atoms.